The van der Waals surface area contributed by atoms with Crippen LogP contribution in [-0.4, -0.2) is 49.8 Å². The van der Waals surface area contributed by atoms with Gasteiger partial charge in [-0.1, -0.05) is 0 Å². The fraction of sp³-hybridized carbons (Fsp3) is 0.556. The van der Waals surface area contributed by atoms with Crippen LogP contribution in [0.2, 0.25) is 0 Å². The van der Waals surface area contributed by atoms with Crippen molar-refractivity contribution in [3.05, 3.63) is 26.7 Å². The maximum absolute atomic E-state index is 13.4. The van der Waals surface area contributed by atoms with Crippen LogP contribution in [0.5, 0.6) is 0 Å². The summed E-state index contributed by atoms with van der Waals surface area (Å²) >= 11 is 0. The Kier molecular flexibility index (Phi) is 3.41. The van der Waals surface area contributed by atoms with Crippen molar-refractivity contribution < 1.29 is 24.4 Å². The van der Waals surface area contributed by atoms with Crippen molar-refractivity contribution in [2.24, 2.45) is 0 Å². The molecule has 0 spiro atoms. The minimum atomic E-state index is -1.61. The zero-order chi connectivity index (χ0) is 14.3. The van der Waals surface area contributed by atoms with Gasteiger partial charge in [-0.05, 0) is 0 Å². The first kappa shape index (κ1) is 13.7. The van der Waals surface area contributed by atoms with Gasteiger partial charge in [-0.25, -0.2) is 9.36 Å². The molecule has 0 amide bonds. The van der Waals surface area contributed by atoms with Crippen LogP contribution in [0.25, 0.3) is 0 Å². The summed E-state index contributed by atoms with van der Waals surface area (Å²) in [7, 11) is 0. The average Bonchev–Trinajstić information content (AvgIpc) is 2.64. The molecule has 4 atom stereocenters. The molecular weight excluding hydrogens is 265 g/mol. The van der Waals surface area contributed by atoms with Crippen LogP contribution in [-0.2, 0) is 4.74 Å². The highest BCUT2D eigenvalue weighted by Gasteiger charge is 2.44. The van der Waals surface area contributed by atoms with E-state index in [1.54, 1.807) is 4.98 Å². The van der Waals surface area contributed by atoms with Crippen molar-refractivity contribution in [3.8, 4) is 0 Å². The van der Waals surface area contributed by atoms with Crippen LogP contribution in [0.15, 0.2) is 9.59 Å². The summed E-state index contributed by atoms with van der Waals surface area (Å²) in [6, 6.07) is 0. The number of nitrogen functional groups attached to an aromatic ring is 1. The second-order valence-corrected chi connectivity index (χ2v) is 4.06. The number of hydrogen-bond acceptors (Lipinski definition) is 7. The third-order valence-corrected chi connectivity index (χ3v) is 2.89. The molecule has 0 aromatic carbocycles. The smallest absolute Gasteiger partial charge is 0.332 e. The highest BCUT2D eigenvalue weighted by Crippen LogP contribution is 2.29. The Bertz CT molecular complexity index is 599. The van der Waals surface area contributed by atoms with Gasteiger partial charge in [-0.2, -0.15) is 4.39 Å². The standard InChI is InChI=1S/C9H12FN3O6/c10-3-6(11)13(9(18)12-7(3)17)8-5(16)4(15)2(1-14)19-8/h2,4-5,8,14-16H,1,11H2,(H,12,17,18)/t2-,4?,5?,8-/m0/s1. The third-order valence-electron chi connectivity index (χ3n) is 2.89. The van der Waals surface area contributed by atoms with E-state index >= 15 is 0 Å². The Balaban J connectivity index is 2.52. The minimum absolute atomic E-state index is 0.473. The van der Waals surface area contributed by atoms with Crippen LogP contribution in [0, 0.1) is 5.82 Å². The van der Waals surface area contributed by atoms with Gasteiger partial charge < -0.3 is 25.8 Å². The molecule has 0 bridgehead atoms. The Morgan fingerprint density at radius 3 is 2.53 bits per heavy atom. The van der Waals surface area contributed by atoms with E-state index in [4.69, 9.17) is 15.6 Å². The number of aliphatic hydroxyl groups is 3. The number of hydrogen-bond donors (Lipinski definition) is 5. The van der Waals surface area contributed by atoms with E-state index in [1.165, 1.54) is 0 Å². The molecule has 2 heterocycles. The molecule has 1 fully saturated rings. The summed E-state index contributed by atoms with van der Waals surface area (Å²) in [4.78, 5) is 24.2. The lowest BCUT2D eigenvalue weighted by Crippen LogP contribution is -2.40. The van der Waals surface area contributed by atoms with Crippen molar-refractivity contribution in [1.82, 2.24) is 9.55 Å². The van der Waals surface area contributed by atoms with Crippen LogP contribution >= 0.6 is 0 Å². The van der Waals surface area contributed by atoms with Gasteiger partial charge in [0.05, 0.1) is 6.61 Å². The van der Waals surface area contributed by atoms with E-state index in [9.17, 15) is 24.2 Å². The van der Waals surface area contributed by atoms with Gasteiger partial charge in [0, 0.05) is 0 Å². The average molecular weight is 277 g/mol. The van der Waals surface area contributed by atoms with E-state index < -0.39 is 54.0 Å². The predicted molar refractivity (Wildman–Crippen MR) is 58.7 cm³/mol. The topological polar surface area (TPSA) is 151 Å². The molecule has 19 heavy (non-hydrogen) atoms. The minimum Gasteiger partial charge on any atom is -0.394 e. The molecule has 0 radical (unpaired) electrons. The number of rotatable bonds is 2. The first-order valence-corrected chi connectivity index (χ1v) is 5.30. The third kappa shape index (κ3) is 2.04. The lowest BCUT2D eigenvalue weighted by Gasteiger charge is -2.19. The van der Waals surface area contributed by atoms with E-state index in [1.807, 2.05) is 0 Å². The number of aromatic nitrogens is 2. The summed E-state index contributed by atoms with van der Waals surface area (Å²) in [5, 5.41) is 28.2. The Morgan fingerprint density at radius 1 is 1.37 bits per heavy atom. The highest BCUT2D eigenvalue weighted by atomic mass is 19.1. The summed E-state index contributed by atoms with van der Waals surface area (Å²) < 4.78 is 18.8. The van der Waals surface area contributed by atoms with Gasteiger partial charge in [0.25, 0.3) is 5.56 Å². The number of aliphatic hydroxyl groups excluding tert-OH is 3. The number of nitrogens with zero attached hydrogens (tertiary/aromatic N) is 1. The number of H-pyrrole nitrogens is 1. The van der Waals surface area contributed by atoms with Crippen LogP contribution in [0.3, 0.4) is 0 Å². The number of halogens is 1. The van der Waals surface area contributed by atoms with Crippen LogP contribution < -0.4 is 17.0 Å². The van der Waals surface area contributed by atoms with Crippen molar-refractivity contribution in [2.45, 2.75) is 24.5 Å². The molecular formula is C9H12FN3O6. The van der Waals surface area contributed by atoms with Gasteiger partial charge in [0.15, 0.2) is 12.0 Å². The van der Waals surface area contributed by atoms with Gasteiger partial charge in [-0.3, -0.25) is 9.78 Å². The van der Waals surface area contributed by atoms with Crippen molar-refractivity contribution in [2.75, 3.05) is 12.3 Å². The quantitative estimate of drug-likeness (QED) is 0.383. The maximum Gasteiger partial charge on any atom is 0.332 e. The van der Waals surface area contributed by atoms with Gasteiger partial charge in [0.1, 0.15) is 18.3 Å². The molecule has 106 valence electrons. The molecule has 2 rings (SSSR count). The first-order chi connectivity index (χ1) is 8.88. The summed E-state index contributed by atoms with van der Waals surface area (Å²) in [6.07, 6.45) is -5.74. The van der Waals surface area contributed by atoms with Crippen molar-refractivity contribution in [1.29, 1.82) is 0 Å². The Labute approximate surface area is 104 Å². The van der Waals surface area contributed by atoms with Crippen molar-refractivity contribution >= 4 is 5.82 Å². The first-order valence-electron chi connectivity index (χ1n) is 5.30. The lowest BCUT2D eigenvalue weighted by atomic mass is 10.1. The number of nitrogens with one attached hydrogen (secondary N) is 1. The fourth-order valence-electron chi connectivity index (χ4n) is 1.89. The summed E-state index contributed by atoms with van der Waals surface area (Å²) in [6.45, 7) is -0.616. The Morgan fingerprint density at radius 2 is 2.00 bits per heavy atom. The lowest BCUT2D eigenvalue weighted by molar-refractivity contribution is -0.0542. The monoisotopic (exact) mass is 277 g/mol. The molecule has 1 aliphatic rings. The molecule has 1 aliphatic heterocycles. The van der Waals surface area contributed by atoms with E-state index in [0.717, 1.165) is 0 Å². The number of anilines is 1. The molecule has 6 N–H and O–H groups in total. The number of ether oxygens (including phenoxy) is 1. The normalized spacial score (nSPS) is 30.7. The molecule has 1 saturated heterocycles. The fourth-order valence-corrected chi connectivity index (χ4v) is 1.89. The zero-order valence-electron chi connectivity index (χ0n) is 9.49. The second kappa shape index (κ2) is 4.74. The molecule has 0 aliphatic carbocycles. The second-order valence-electron chi connectivity index (χ2n) is 4.06. The van der Waals surface area contributed by atoms with Crippen LogP contribution in [0.4, 0.5) is 10.2 Å². The SMILES string of the molecule is Nc1c(F)c(=O)[nH]c(=O)n1[C@H]1O[C@@H](CO)C(O)C1O. The predicted octanol–water partition coefficient (Wildman–Crippen LogP) is -3.13. The highest BCUT2D eigenvalue weighted by molar-refractivity contribution is 5.29. The van der Waals surface area contributed by atoms with Crippen molar-refractivity contribution in [3.63, 3.8) is 0 Å². The molecule has 1 aromatic heterocycles. The molecule has 10 heteroatoms. The maximum atomic E-state index is 13.4. The van der Waals surface area contributed by atoms with E-state index in [2.05, 4.69) is 0 Å². The van der Waals surface area contributed by atoms with E-state index in [0.29, 0.717) is 4.57 Å². The molecule has 9 nitrogen and oxygen atoms in total. The molecule has 1 aromatic rings. The van der Waals surface area contributed by atoms with Gasteiger partial charge in [-0.15, -0.1) is 0 Å². The number of nitrogens with two attached hydrogens (primary N) is 1. The van der Waals surface area contributed by atoms with E-state index in [-0.39, 0.29) is 0 Å². The zero-order valence-corrected chi connectivity index (χ0v) is 9.49. The number of aromatic amines is 1. The Hall–Kier alpha value is -1.75. The molecule has 2 unspecified atom stereocenters. The van der Waals surface area contributed by atoms with Crippen LogP contribution in [0.1, 0.15) is 6.23 Å². The van der Waals surface area contributed by atoms with Gasteiger partial charge in [0.2, 0.25) is 5.82 Å². The van der Waals surface area contributed by atoms with Gasteiger partial charge >= 0.3 is 5.69 Å². The molecule has 0 saturated carbocycles. The largest absolute Gasteiger partial charge is 0.394 e. The summed E-state index contributed by atoms with van der Waals surface area (Å²) in [5.74, 6) is -2.24. The summed E-state index contributed by atoms with van der Waals surface area (Å²) in [5.41, 5.74) is 2.89.